The number of nitrogens with zero attached hydrogens (tertiary/aromatic N) is 2. The topological polar surface area (TPSA) is 61.0 Å². The van der Waals surface area contributed by atoms with Crippen molar-refractivity contribution in [2.45, 2.75) is 33.1 Å². The molecule has 78 valence electrons. The van der Waals surface area contributed by atoms with Gasteiger partial charge in [-0.05, 0) is 12.8 Å². The minimum absolute atomic E-state index is 0.290. The van der Waals surface area contributed by atoms with Crippen molar-refractivity contribution in [2.75, 3.05) is 12.8 Å². The Bertz CT molecular complexity index is 287. The van der Waals surface area contributed by atoms with E-state index in [2.05, 4.69) is 23.8 Å². The lowest BCUT2D eigenvalue weighted by molar-refractivity contribution is 0.390. The van der Waals surface area contributed by atoms with Crippen LogP contribution in [0.1, 0.15) is 31.5 Å². The summed E-state index contributed by atoms with van der Waals surface area (Å²) in [6.07, 6.45) is 2.85. The van der Waals surface area contributed by atoms with E-state index in [1.807, 2.05) is 0 Å². The van der Waals surface area contributed by atoms with Gasteiger partial charge < -0.3 is 10.5 Å². The second-order valence-corrected chi connectivity index (χ2v) is 3.12. The van der Waals surface area contributed by atoms with Crippen LogP contribution in [0.15, 0.2) is 0 Å². The van der Waals surface area contributed by atoms with Crippen LogP contribution in [-0.4, -0.2) is 17.1 Å². The maximum atomic E-state index is 5.57. The molecule has 0 amide bonds. The number of nitrogen functional groups attached to an aromatic ring is 1. The maximum absolute atomic E-state index is 5.57. The van der Waals surface area contributed by atoms with Gasteiger partial charge in [-0.15, -0.1) is 0 Å². The van der Waals surface area contributed by atoms with Crippen LogP contribution < -0.4 is 10.5 Å². The summed E-state index contributed by atoms with van der Waals surface area (Å²) >= 11 is 0. The highest BCUT2D eigenvalue weighted by Gasteiger charge is 2.11. The van der Waals surface area contributed by atoms with Gasteiger partial charge in [0.25, 0.3) is 0 Å². The van der Waals surface area contributed by atoms with Gasteiger partial charge in [0.15, 0.2) is 0 Å². The van der Waals surface area contributed by atoms with Crippen LogP contribution in [0, 0.1) is 0 Å². The van der Waals surface area contributed by atoms with Crippen molar-refractivity contribution in [1.82, 2.24) is 9.97 Å². The van der Waals surface area contributed by atoms with E-state index in [1.165, 1.54) is 0 Å². The van der Waals surface area contributed by atoms with Crippen molar-refractivity contribution >= 4 is 5.95 Å². The molecule has 0 radical (unpaired) electrons. The summed E-state index contributed by atoms with van der Waals surface area (Å²) in [5, 5.41) is 0. The molecule has 4 nitrogen and oxygen atoms in total. The van der Waals surface area contributed by atoms with Gasteiger partial charge >= 0.3 is 0 Å². The second kappa shape index (κ2) is 4.79. The Morgan fingerprint density at radius 1 is 1.29 bits per heavy atom. The van der Waals surface area contributed by atoms with Gasteiger partial charge in [-0.1, -0.05) is 20.3 Å². The standard InChI is InChI=1S/C10H17N3O/c1-4-6-7-8(5-2)12-10(11)13-9(7)14-3/h4-6H2,1-3H3,(H2,11,12,13). The molecule has 0 aliphatic rings. The summed E-state index contributed by atoms with van der Waals surface area (Å²) in [6, 6.07) is 0. The fraction of sp³-hybridized carbons (Fsp3) is 0.600. The Balaban J connectivity index is 3.18. The molecular weight excluding hydrogens is 178 g/mol. The average molecular weight is 195 g/mol. The number of methoxy groups -OCH3 is 1. The summed E-state index contributed by atoms with van der Waals surface area (Å²) in [7, 11) is 1.61. The SMILES string of the molecule is CCCc1c(CC)nc(N)nc1OC. The van der Waals surface area contributed by atoms with Gasteiger partial charge in [0, 0.05) is 5.56 Å². The molecule has 0 bridgehead atoms. The molecule has 0 atom stereocenters. The molecule has 1 aromatic heterocycles. The highest BCUT2D eigenvalue weighted by molar-refractivity contribution is 5.36. The number of aromatic nitrogens is 2. The Morgan fingerprint density at radius 3 is 2.50 bits per heavy atom. The number of anilines is 1. The van der Waals surface area contributed by atoms with Crippen molar-refractivity contribution in [3.63, 3.8) is 0 Å². The largest absolute Gasteiger partial charge is 0.481 e. The molecule has 1 aromatic rings. The van der Waals surface area contributed by atoms with E-state index in [0.29, 0.717) is 11.8 Å². The minimum atomic E-state index is 0.290. The molecule has 0 aromatic carbocycles. The quantitative estimate of drug-likeness (QED) is 0.792. The molecule has 0 saturated carbocycles. The minimum Gasteiger partial charge on any atom is -0.481 e. The predicted octanol–water partition coefficient (Wildman–Crippen LogP) is 1.58. The van der Waals surface area contributed by atoms with Crippen LogP contribution >= 0.6 is 0 Å². The van der Waals surface area contributed by atoms with Gasteiger partial charge in [0.1, 0.15) is 0 Å². The Kier molecular flexibility index (Phi) is 3.68. The number of hydrogen-bond acceptors (Lipinski definition) is 4. The normalized spacial score (nSPS) is 10.2. The third kappa shape index (κ3) is 2.13. The van der Waals surface area contributed by atoms with Crippen LogP contribution in [0.3, 0.4) is 0 Å². The van der Waals surface area contributed by atoms with Crippen molar-refractivity contribution in [2.24, 2.45) is 0 Å². The number of nitrogens with two attached hydrogens (primary N) is 1. The summed E-state index contributed by atoms with van der Waals surface area (Å²) in [6.45, 7) is 4.18. The smallest absolute Gasteiger partial charge is 0.223 e. The lowest BCUT2D eigenvalue weighted by Crippen LogP contribution is -2.06. The number of rotatable bonds is 4. The molecule has 0 spiro atoms. The zero-order valence-corrected chi connectivity index (χ0v) is 9.00. The molecule has 0 saturated heterocycles. The zero-order valence-electron chi connectivity index (χ0n) is 9.00. The van der Waals surface area contributed by atoms with E-state index in [0.717, 1.165) is 30.5 Å². The van der Waals surface area contributed by atoms with Crippen LogP contribution in [0.25, 0.3) is 0 Å². The van der Waals surface area contributed by atoms with E-state index in [1.54, 1.807) is 7.11 Å². The first-order valence-corrected chi connectivity index (χ1v) is 4.92. The monoisotopic (exact) mass is 195 g/mol. The van der Waals surface area contributed by atoms with E-state index < -0.39 is 0 Å². The van der Waals surface area contributed by atoms with Gasteiger partial charge in [-0.2, -0.15) is 4.98 Å². The van der Waals surface area contributed by atoms with Gasteiger partial charge in [-0.3, -0.25) is 0 Å². The van der Waals surface area contributed by atoms with Crippen LogP contribution in [0.5, 0.6) is 5.88 Å². The highest BCUT2D eigenvalue weighted by atomic mass is 16.5. The Hall–Kier alpha value is -1.32. The molecule has 0 unspecified atom stereocenters. The van der Waals surface area contributed by atoms with E-state index in [9.17, 15) is 0 Å². The fourth-order valence-electron chi connectivity index (χ4n) is 1.49. The van der Waals surface area contributed by atoms with Gasteiger partial charge in [0.05, 0.1) is 12.8 Å². The first-order valence-electron chi connectivity index (χ1n) is 4.92. The Labute approximate surface area is 84.5 Å². The molecule has 0 aliphatic carbocycles. The van der Waals surface area contributed by atoms with Crippen molar-refractivity contribution in [3.8, 4) is 5.88 Å². The van der Waals surface area contributed by atoms with E-state index >= 15 is 0 Å². The first-order chi connectivity index (χ1) is 6.72. The summed E-state index contributed by atoms with van der Waals surface area (Å²) in [4.78, 5) is 8.27. The number of ether oxygens (including phenoxy) is 1. The van der Waals surface area contributed by atoms with Crippen molar-refractivity contribution in [3.05, 3.63) is 11.3 Å². The van der Waals surface area contributed by atoms with Crippen LogP contribution in [0.2, 0.25) is 0 Å². The molecule has 1 heterocycles. The summed E-state index contributed by atoms with van der Waals surface area (Å²) in [5.74, 6) is 0.912. The number of hydrogen-bond donors (Lipinski definition) is 1. The summed E-state index contributed by atoms with van der Waals surface area (Å²) in [5.41, 5.74) is 7.66. The fourth-order valence-corrected chi connectivity index (χ4v) is 1.49. The lowest BCUT2D eigenvalue weighted by atomic mass is 10.1. The maximum Gasteiger partial charge on any atom is 0.223 e. The second-order valence-electron chi connectivity index (χ2n) is 3.12. The van der Waals surface area contributed by atoms with Crippen LogP contribution in [-0.2, 0) is 12.8 Å². The molecule has 4 heteroatoms. The van der Waals surface area contributed by atoms with Crippen molar-refractivity contribution < 1.29 is 4.74 Å². The molecule has 0 fully saturated rings. The predicted molar refractivity (Wildman–Crippen MR) is 56.4 cm³/mol. The van der Waals surface area contributed by atoms with E-state index in [-0.39, 0.29) is 0 Å². The molecule has 2 N–H and O–H groups in total. The summed E-state index contributed by atoms with van der Waals surface area (Å²) < 4.78 is 5.19. The zero-order chi connectivity index (χ0) is 10.6. The van der Waals surface area contributed by atoms with Crippen molar-refractivity contribution in [1.29, 1.82) is 0 Å². The number of aryl methyl sites for hydroxylation is 1. The molecule has 1 rings (SSSR count). The highest BCUT2D eigenvalue weighted by Crippen LogP contribution is 2.21. The first kappa shape index (κ1) is 10.8. The third-order valence-corrected chi connectivity index (χ3v) is 2.10. The average Bonchev–Trinajstić information content (AvgIpc) is 2.20. The molecular formula is C10H17N3O. The van der Waals surface area contributed by atoms with Crippen LogP contribution in [0.4, 0.5) is 5.95 Å². The lowest BCUT2D eigenvalue weighted by Gasteiger charge is -2.10. The molecule has 0 aliphatic heterocycles. The van der Waals surface area contributed by atoms with E-state index in [4.69, 9.17) is 10.5 Å². The molecule has 14 heavy (non-hydrogen) atoms. The van der Waals surface area contributed by atoms with Gasteiger partial charge in [-0.25, -0.2) is 4.98 Å². The Morgan fingerprint density at radius 2 is 2.00 bits per heavy atom. The third-order valence-electron chi connectivity index (χ3n) is 2.10. The van der Waals surface area contributed by atoms with Gasteiger partial charge in [0.2, 0.25) is 11.8 Å².